The Bertz CT molecular complexity index is 860. The summed E-state index contributed by atoms with van der Waals surface area (Å²) in [7, 11) is 0. The van der Waals surface area contributed by atoms with E-state index in [-0.39, 0.29) is 24.2 Å². The van der Waals surface area contributed by atoms with Gasteiger partial charge in [-0.05, 0) is 59.6 Å². The Morgan fingerprint density at radius 3 is 2.52 bits per heavy atom. The van der Waals surface area contributed by atoms with Crippen molar-refractivity contribution in [2.45, 2.75) is 85.0 Å². The first-order valence-electron chi connectivity index (χ1n) is 10.6. The van der Waals surface area contributed by atoms with Crippen LogP contribution in [0.5, 0.6) is 0 Å². The van der Waals surface area contributed by atoms with Crippen LogP contribution in [0.25, 0.3) is 10.3 Å². The number of hydrogen-bond acceptors (Lipinski definition) is 6. The normalized spacial score (nSPS) is 22.1. The molecule has 3 rings (SSSR count). The predicted molar refractivity (Wildman–Crippen MR) is 118 cm³/mol. The van der Waals surface area contributed by atoms with Crippen molar-refractivity contribution in [2.24, 2.45) is 0 Å². The van der Waals surface area contributed by atoms with Crippen LogP contribution in [0.1, 0.15) is 71.1 Å². The largest absolute Gasteiger partial charge is 0.444 e. The number of rotatable bonds is 4. The number of thiazole rings is 1. The van der Waals surface area contributed by atoms with E-state index in [1.54, 1.807) is 11.3 Å². The summed E-state index contributed by atoms with van der Waals surface area (Å²) in [5.74, 6) is 0. The summed E-state index contributed by atoms with van der Waals surface area (Å²) in [6, 6.07) is 4.78. The van der Waals surface area contributed by atoms with Crippen LogP contribution >= 0.6 is 11.3 Å². The molecule has 0 bridgehead atoms. The van der Waals surface area contributed by atoms with E-state index in [1.807, 2.05) is 32.6 Å². The van der Waals surface area contributed by atoms with Crippen molar-refractivity contribution in [3.63, 3.8) is 0 Å². The molecule has 1 fully saturated rings. The number of carbonyl (C=O) groups is 1. The average Bonchev–Trinajstić information content (AvgIpc) is 3.03. The van der Waals surface area contributed by atoms with Gasteiger partial charge in [0.05, 0.1) is 10.7 Å². The molecule has 2 aromatic rings. The second kappa shape index (κ2) is 8.56. The summed E-state index contributed by atoms with van der Waals surface area (Å²) >= 11 is 1.64. The molecule has 1 amide bonds. The minimum atomic E-state index is -0.478. The fraction of sp³-hybridized carbons (Fsp3) is 0.682. The highest BCUT2D eigenvalue weighted by molar-refractivity contribution is 7.18. The van der Waals surface area contributed by atoms with E-state index in [1.165, 1.54) is 0 Å². The Kier molecular flexibility index (Phi) is 6.48. The molecule has 0 spiro atoms. The molecule has 0 radical (unpaired) electrons. The van der Waals surface area contributed by atoms with Crippen LogP contribution in [0.4, 0.5) is 4.79 Å². The maximum absolute atomic E-state index is 12.8. The number of nitrogens with zero attached hydrogens (tertiary/aromatic N) is 4. The van der Waals surface area contributed by atoms with Gasteiger partial charge in [0, 0.05) is 31.2 Å². The van der Waals surface area contributed by atoms with Gasteiger partial charge in [0.2, 0.25) is 0 Å². The Labute approximate surface area is 178 Å². The molecule has 0 N–H and O–H groups in total. The lowest BCUT2D eigenvalue weighted by atomic mass is 9.99. The number of fused-ring (bicyclic) bond motifs is 1. The molecule has 1 aliphatic heterocycles. The Morgan fingerprint density at radius 2 is 1.90 bits per heavy atom. The van der Waals surface area contributed by atoms with E-state index in [9.17, 15) is 4.79 Å². The van der Waals surface area contributed by atoms with Gasteiger partial charge in [-0.15, -0.1) is 0 Å². The first kappa shape index (κ1) is 22.0. The highest BCUT2D eigenvalue weighted by Gasteiger charge is 2.39. The second-order valence-electron chi connectivity index (χ2n) is 8.92. The van der Waals surface area contributed by atoms with Crippen molar-refractivity contribution in [3.05, 3.63) is 22.8 Å². The monoisotopic (exact) mass is 418 g/mol. The first-order valence-corrected chi connectivity index (χ1v) is 11.4. The minimum Gasteiger partial charge on any atom is -0.444 e. The smallest absolute Gasteiger partial charge is 0.410 e. The molecule has 160 valence electrons. The van der Waals surface area contributed by atoms with Crippen LogP contribution < -0.4 is 0 Å². The fourth-order valence-corrected chi connectivity index (χ4v) is 4.84. The van der Waals surface area contributed by atoms with Gasteiger partial charge >= 0.3 is 6.09 Å². The number of hydrogen-bond donors (Lipinski definition) is 0. The lowest BCUT2D eigenvalue weighted by Gasteiger charge is -2.48. The standard InChI is InChI=1S/C22H34N4O2S/c1-8-16-13-26(21(27)28-22(5,6)7)17(9-2)12-25(16)14(3)18-10-11-19-20(24-18)29-15(4)23-19/h10-11,14,16-17H,8-9,12-13H2,1-7H3/t14?,16-,17+/m1/s1. The summed E-state index contributed by atoms with van der Waals surface area (Å²) < 4.78 is 5.68. The highest BCUT2D eigenvalue weighted by Crippen LogP contribution is 2.31. The third kappa shape index (κ3) is 4.89. The second-order valence-corrected chi connectivity index (χ2v) is 10.1. The van der Waals surface area contributed by atoms with E-state index in [0.717, 1.165) is 40.4 Å². The van der Waals surface area contributed by atoms with Crippen molar-refractivity contribution in [1.82, 2.24) is 19.8 Å². The number of aryl methyl sites for hydroxylation is 1. The van der Waals surface area contributed by atoms with Crippen LogP contribution in [0.2, 0.25) is 0 Å². The van der Waals surface area contributed by atoms with Crippen molar-refractivity contribution in [1.29, 1.82) is 0 Å². The Hall–Kier alpha value is -1.73. The summed E-state index contributed by atoms with van der Waals surface area (Å²) in [6.07, 6.45) is 1.68. The Balaban J connectivity index is 1.82. The van der Waals surface area contributed by atoms with Gasteiger partial charge in [0.1, 0.15) is 15.9 Å². The van der Waals surface area contributed by atoms with E-state index in [0.29, 0.717) is 6.54 Å². The average molecular weight is 419 g/mol. The molecular formula is C22H34N4O2S. The topological polar surface area (TPSA) is 58.6 Å². The van der Waals surface area contributed by atoms with Crippen molar-refractivity contribution >= 4 is 27.8 Å². The van der Waals surface area contributed by atoms with Crippen molar-refractivity contribution < 1.29 is 9.53 Å². The summed E-state index contributed by atoms with van der Waals surface area (Å²) in [5, 5.41) is 1.04. The summed E-state index contributed by atoms with van der Waals surface area (Å²) in [5.41, 5.74) is 1.56. The van der Waals surface area contributed by atoms with Gasteiger partial charge in [-0.3, -0.25) is 4.90 Å². The SMILES string of the molecule is CC[C@H]1CN(C(C)c2ccc3nc(C)sc3n2)[C@H](CC)CN1C(=O)OC(C)(C)C. The molecule has 7 heteroatoms. The maximum atomic E-state index is 12.8. The maximum Gasteiger partial charge on any atom is 0.410 e. The Morgan fingerprint density at radius 1 is 1.21 bits per heavy atom. The molecule has 1 aliphatic rings. The number of aromatic nitrogens is 2. The highest BCUT2D eigenvalue weighted by atomic mass is 32.1. The zero-order valence-electron chi connectivity index (χ0n) is 18.7. The van der Waals surface area contributed by atoms with E-state index in [2.05, 4.69) is 42.8 Å². The molecule has 6 nitrogen and oxygen atoms in total. The molecule has 1 saturated heterocycles. The van der Waals surface area contributed by atoms with Crippen LogP contribution in [0, 0.1) is 6.92 Å². The van der Waals surface area contributed by atoms with Gasteiger partial charge in [0.25, 0.3) is 0 Å². The van der Waals surface area contributed by atoms with Crippen LogP contribution in [-0.4, -0.2) is 56.6 Å². The number of piperazine rings is 1. The molecule has 1 unspecified atom stereocenters. The zero-order chi connectivity index (χ0) is 21.3. The number of carbonyl (C=O) groups excluding carboxylic acids is 1. The van der Waals surface area contributed by atoms with Gasteiger partial charge in [-0.2, -0.15) is 0 Å². The lowest BCUT2D eigenvalue weighted by Crippen LogP contribution is -2.60. The van der Waals surface area contributed by atoms with Crippen molar-refractivity contribution in [2.75, 3.05) is 13.1 Å². The third-order valence-corrected chi connectivity index (χ3v) is 6.50. The molecular weight excluding hydrogens is 384 g/mol. The fourth-order valence-electron chi connectivity index (χ4n) is 4.05. The predicted octanol–water partition coefficient (Wildman–Crippen LogP) is 5.17. The summed E-state index contributed by atoms with van der Waals surface area (Å²) in [4.78, 5) is 27.7. The molecule has 2 aromatic heterocycles. The molecule has 0 aliphatic carbocycles. The van der Waals surface area contributed by atoms with Crippen LogP contribution in [-0.2, 0) is 4.74 Å². The van der Waals surface area contributed by atoms with Gasteiger partial charge in [0.15, 0.2) is 0 Å². The number of pyridine rings is 1. The van der Waals surface area contributed by atoms with Crippen LogP contribution in [0.15, 0.2) is 12.1 Å². The number of amides is 1. The first-order chi connectivity index (χ1) is 13.6. The van der Waals surface area contributed by atoms with E-state index >= 15 is 0 Å². The third-order valence-electron chi connectivity index (χ3n) is 5.62. The van der Waals surface area contributed by atoms with E-state index in [4.69, 9.17) is 9.72 Å². The quantitative estimate of drug-likeness (QED) is 0.685. The molecule has 0 aromatic carbocycles. The molecule has 3 heterocycles. The zero-order valence-corrected chi connectivity index (χ0v) is 19.5. The molecule has 29 heavy (non-hydrogen) atoms. The molecule has 0 saturated carbocycles. The summed E-state index contributed by atoms with van der Waals surface area (Å²) in [6.45, 7) is 15.9. The van der Waals surface area contributed by atoms with Gasteiger partial charge < -0.3 is 9.64 Å². The van der Waals surface area contributed by atoms with E-state index < -0.39 is 5.60 Å². The van der Waals surface area contributed by atoms with Gasteiger partial charge in [-0.25, -0.2) is 14.8 Å². The molecule has 3 atom stereocenters. The van der Waals surface area contributed by atoms with Crippen LogP contribution in [0.3, 0.4) is 0 Å². The minimum absolute atomic E-state index is 0.143. The van der Waals surface area contributed by atoms with Gasteiger partial charge in [-0.1, -0.05) is 25.2 Å². The van der Waals surface area contributed by atoms with Crippen molar-refractivity contribution in [3.8, 4) is 0 Å². The lowest BCUT2D eigenvalue weighted by molar-refractivity contribution is -0.0272. The number of ether oxygens (including phenoxy) is 1.